The number of piperazine rings is 1. The molecule has 6 heteroatoms. The fraction of sp³-hybridized carbons (Fsp3) is 0.389. The van der Waals surface area contributed by atoms with E-state index in [9.17, 15) is 4.79 Å². The molecule has 0 N–H and O–H groups in total. The fourth-order valence-electron chi connectivity index (χ4n) is 3.09. The second-order valence-electron chi connectivity index (χ2n) is 5.96. The van der Waals surface area contributed by atoms with Crippen molar-refractivity contribution in [2.24, 2.45) is 0 Å². The van der Waals surface area contributed by atoms with Crippen LogP contribution in [0.15, 0.2) is 36.7 Å². The molecular formula is C18H22N4O2. The van der Waals surface area contributed by atoms with E-state index >= 15 is 0 Å². The number of aryl methyl sites for hydroxylation is 1. The quantitative estimate of drug-likeness (QED) is 0.865. The van der Waals surface area contributed by atoms with Gasteiger partial charge in [0.2, 0.25) is 5.91 Å². The molecule has 1 fully saturated rings. The van der Waals surface area contributed by atoms with E-state index in [-0.39, 0.29) is 11.9 Å². The van der Waals surface area contributed by atoms with Gasteiger partial charge >= 0.3 is 0 Å². The summed E-state index contributed by atoms with van der Waals surface area (Å²) in [5.74, 6) is 1.81. The van der Waals surface area contributed by atoms with Gasteiger partial charge in [-0.1, -0.05) is 12.1 Å². The van der Waals surface area contributed by atoms with Crippen molar-refractivity contribution in [2.45, 2.75) is 19.9 Å². The molecule has 2 aromatic rings. The summed E-state index contributed by atoms with van der Waals surface area (Å²) < 4.78 is 5.23. The van der Waals surface area contributed by atoms with Gasteiger partial charge < -0.3 is 14.5 Å². The van der Waals surface area contributed by atoms with E-state index in [1.165, 1.54) is 0 Å². The van der Waals surface area contributed by atoms with Crippen molar-refractivity contribution in [3.05, 3.63) is 47.9 Å². The van der Waals surface area contributed by atoms with Crippen LogP contribution in [0.3, 0.4) is 0 Å². The zero-order chi connectivity index (χ0) is 17.1. The Hall–Kier alpha value is -2.63. The molecule has 1 aliphatic rings. The monoisotopic (exact) mass is 326 g/mol. The van der Waals surface area contributed by atoms with Crippen molar-refractivity contribution in [2.75, 3.05) is 31.6 Å². The number of nitrogens with zero attached hydrogens (tertiary/aromatic N) is 4. The van der Waals surface area contributed by atoms with Gasteiger partial charge in [-0.25, -0.2) is 9.97 Å². The zero-order valence-corrected chi connectivity index (χ0v) is 14.3. The highest BCUT2D eigenvalue weighted by atomic mass is 16.5. The molecule has 0 saturated carbocycles. The summed E-state index contributed by atoms with van der Waals surface area (Å²) in [7, 11) is 1.65. The van der Waals surface area contributed by atoms with Crippen LogP contribution in [-0.2, 0) is 4.79 Å². The number of carbonyl (C=O) groups is 1. The van der Waals surface area contributed by atoms with E-state index in [1.807, 2.05) is 42.2 Å². The highest BCUT2D eigenvalue weighted by molar-refractivity contribution is 5.74. The number of anilines is 1. The summed E-state index contributed by atoms with van der Waals surface area (Å²) in [6.07, 6.45) is 1.59. The Labute approximate surface area is 142 Å². The lowest BCUT2D eigenvalue weighted by molar-refractivity contribution is -0.131. The number of aromatic nitrogens is 2. The van der Waals surface area contributed by atoms with Crippen LogP contribution in [0.4, 0.5) is 5.82 Å². The summed E-state index contributed by atoms with van der Waals surface area (Å²) in [6.45, 7) is 5.74. The van der Waals surface area contributed by atoms with Crippen LogP contribution in [0, 0.1) is 6.92 Å². The molecule has 1 unspecified atom stereocenters. The minimum Gasteiger partial charge on any atom is -0.497 e. The third-order valence-corrected chi connectivity index (χ3v) is 4.40. The molecule has 0 radical (unpaired) electrons. The van der Waals surface area contributed by atoms with Gasteiger partial charge in [0.1, 0.15) is 17.9 Å². The van der Waals surface area contributed by atoms with Gasteiger partial charge in [0.25, 0.3) is 0 Å². The SMILES string of the molecule is COc1ccc(C2CN(c3cc(C)ncn3)CCN2C(C)=O)cc1. The largest absolute Gasteiger partial charge is 0.497 e. The summed E-state index contributed by atoms with van der Waals surface area (Å²) in [5, 5.41) is 0. The van der Waals surface area contributed by atoms with Crippen molar-refractivity contribution in [1.82, 2.24) is 14.9 Å². The molecular weight excluding hydrogens is 304 g/mol. The highest BCUT2D eigenvalue weighted by Crippen LogP contribution is 2.29. The van der Waals surface area contributed by atoms with Gasteiger partial charge in [-0.15, -0.1) is 0 Å². The molecule has 1 amide bonds. The van der Waals surface area contributed by atoms with Gasteiger partial charge in [-0.3, -0.25) is 4.79 Å². The normalized spacial score (nSPS) is 17.7. The van der Waals surface area contributed by atoms with E-state index in [2.05, 4.69) is 14.9 Å². The molecule has 1 atom stereocenters. The predicted molar refractivity (Wildman–Crippen MR) is 92.1 cm³/mol. The molecule has 24 heavy (non-hydrogen) atoms. The fourth-order valence-corrected chi connectivity index (χ4v) is 3.09. The maximum atomic E-state index is 12.1. The molecule has 0 bridgehead atoms. The summed E-state index contributed by atoms with van der Waals surface area (Å²) >= 11 is 0. The van der Waals surface area contributed by atoms with E-state index < -0.39 is 0 Å². The zero-order valence-electron chi connectivity index (χ0n) is 14.3. The Morgan fingerprint density at radius 1 is 1.21 bits per heavy atom. The molecule has 2 heterocycles. The molecule has 1 aromatic carbocycles. The first-order valence-electron chi connectivity index (χ1n) is 8.03. The standard InChI is InChI=1S/C18H22N4O2/c1-13-10-18(20-12-19-13)21-8-9-22(14(2)23)17(11-21)15-4-6-16(24-3)7-5-15/h4-7,10,12,17H,8-9,11H2,1-3H3. The van der Waals surface area contributed by atoms with E-state index in [4.69, 9.17) is 4.74 Å². The van der Waals surface area contributed by atoms with Gasteiger partial charge in [0.05, 0.1) is 13.2 Å². The third-order valence-electron chi connectivity index (χ3n) is 4.40. The van der Waals surface area contributed by atoms with E-state index in [0.717, 1.165) is 29.4 Å². The van der Waals surface area contributed by atoms with Crippen LogP contribution in [0.25, 0.3) is 0 Å². The van der Waals surface area contributed by atoms with Gasteiger partial charge in [0.15, 0.2) is 0 Å². The van der Waals surface area contributed by atoms with Crippen molar-refractivity contribution >= 4 is 11.7 Å². The lowest BCUT2D eigenvalue weighted by Crippen LogP contribution is -2.50. The summed E-state index contributed by atoms with van der Waals surface area (Å²) in [4.78, 5) is 24.7. The van der Waals surface area contributed by atoms with Crippen LogP contribution in [0.5, 0.6) is 5.75 Å². The number of rotatable bonds is 3. The van der Waals surface area contributed by atoms with Crippen LogP contribution in [0.1, 0.15) is 24.2 Å². The van der Waals surface area contributed by atoms with Gasteiger partial charge in [-0.05, 0) is 24.6 Å². The van der Waals surface area contributed by atoms with Gasteiger partial charge in [-0.2, -0.15) is 0 Å². The third kappa shape index (κ3) is 3.32. The smallest absolute Gasteiger partial charge is 0.220 e. The van der Waals surface area contributed by atoms with Crippen molar-refractivity contribution in [1.29, 1.82) is 0 Å². The number of ether oxygens (including phenoxy) is 1. The molecule has 126 valence electrons. The Bertz CT molecular complexity index is 717. The highest BCUT2D eigenvalue weighted by Gasteiger charge is 2.30. The Morgan fingerprint density at radius 2 is 1.96 bits per heavy atom. The molecule has 3 rings (SSSR count). The number of hydrogen-bond acceptors (Lipinski definition) is 5. The van der Waals surface area contributed by atoms with Crippen molar-refractivity contribution in [3.8, 4) is 5.75 Å². The minimum absolute atomic E-state index is 0.00238. The van der Waals surface area contributed by atoms with Crippen LogP contribution >= 0.6 is 0 Å². The molecule has 0 spiro atoms. The second kappa shape index (κ2) is 6.86. The molecule has 1 saturated heterocycles. The Balaban J connectivity index is 1.88. The Morgan fingerprint density at radius 3 is 2.58 bits per heavy atom. The maximum absolute atomic E-state index is 12.1. The molecule has 1 aliphatic heterocycles. The van der Waals surface area contributed by atoms with Crippen molar-refractivity contribution in [3.63, 3.8) is 0 Å². The first kappa shape index (κ1) is 16.2. The van der Waals surface area contributed by atoms with Gasteiger partial charge in [0, 0.05) is 38.3 Å². The number of carbonyl (C=O) groups excluding carboxylic acids is 1. The lowest BCUT2D eigenvalue weighted by atomic mass is 10.0. The number of benzene rings is 1. The second-order valence-corrected chi connectivity index (χ2v) is 5.96. The average molecular weight is 326 g/mol. The van der Waals surface area contributed by atoms with Crippen LogP contribution in [0.2, 0.25) is 0 Å². The first-order valence-corrected chi connectivity index (χ1v) is 8.03. The molecule has 1 aromatic heterocycles. The Kier molecular flexibility index (Phi) is 4.64. The van der Waals surface area contributed by atoms with Crippen molar-refractivity contribution < 1.29 is 9.53 Å². The topological polar surface area (TPSA) is 58.6 Å². The number of hydrogen-bond donors (Lipinski definition) is 0. The molecule has 0 aliphatic carbocycles. The number of amides is 1. The van der Waals surface area contributed by atoms with E-state index in [0.29, 0.717) is 13.1 Å². The minimum atomic E-state index is -0.00238. The van der Waals surface area contributed by atoms with E-state index in [1.54, 1.807) is 20.4 Å². The van der Waals surface area contributed by atoms with Crippen LogP contribution in [-0.4, -0.2) is 47.5 Å². The maximum Gasteiger partial charge on any atom is 0.220 e. The summed E-state index contributed by atoms with van der Waals surface area (Å²) in [6, 6.07) is 9.89. The lowest BCUT2D eigenvalue weighted by Gasteiger charge is -2.41. The molecule has 6 nitrogen and oxygen atoms in total. The number of methoxy groups -OCH3 is 1. The van der Waals surface area contributed by atoms with Crippen LogP contribution < -0.4 is 9.64 Å². The average Bonchev–Trinajstić information content (AvgIpc) is 2.61. The predicted octanol–water partition coefficient (Wildman–Crippen LogP) is 2.20. The summed E-state index contributed by atoms with van der Waals surface area (Å²) in [5.41, 5.74) is 2.04. The first-order chi connectivity index (χ1) is 11.6.